The van der Waals surface area contributed by atoms with E-state index in [1.165, 1.54) is 0 Å². The quantitative estimate of drug-likeness (QED) is 0.945. The summed E-state index contributed by atoms with van der Waals surface area (Å²) >= 11 is 0. The van der Waals surface area contributed by atoms with Crippen molar-refractivity contribution in [3.05, 3.63) is 42.2 Å². The van der Waals surface area contributed by atoms with E-state index in [2.05, 4.69) is 54.4 Å². The van der Waals surface area contributed by atoms with E-state index in [1.54, 1.807) is 0 Å². The molecule has 0 aliphatic carbocycles. The first-order valence-electron chi connectivity index (χ1n) is 8.14. The Morgan fingerprint density at radius 3 is 2.64 bits per heavy atom. The molecule has 0 spiro atoms. The van der Waals surface area contributed by atoms with E-state index in [0.717, 1.165) is 55.5 Å². The molecule has 116 valence electrons. The van der Waals surface area contributed by atoms with Gasteiger partial charge in [0.1, 0.15) is 11.6 Å². The maximum Gasteiger partial charge on any atom is 0.133 e. The SMILES string of the molecule is CC(C)c1nc(-c2ccccc2)cc(N2CCCNCC2)n1. The lowest BCUT2D eigenvalue weighted by Gasteiger charge is -2.22. The van der Waals surface area contributed by atoms with Crippen LogP contribution in [-0.4, -0.2) is 36.1 Å². The Kier molecular flexibility index (Phi) is 4.68. The second-order valence-electron chi connectivity index (χ2n) is 6.08. The summed E-state index contributed by atoms with van der Waals surface area (Å²) in [5, 5.41) is 3.45. The first-order chi connectivity index (χ1) is 10.7. The van der Waals surface area contributed by atoms with Gasteiger partial charge in [-0.3, -0.25) is 0 Å². The smallest absolute Gasteiger partial charge is 0.133 e. The molecule has 0 bridgehead atoms. The molecule has 0 unspecified atom stereocenters. The molecule has 0 amide bonds. The average molecular weight is 296 g/mol. The molecule has 2 aromatic rings. The zero-order valence-electron chi connectivity index (χ0n) is 13.4. The summed E-state index contributed by atoms with van der Waals surface area (Å²) in [5.74, 6) is 2.31. The highest BCUT2D eigenvalue weighted by molar-refractivity contribution is 5.63. The average Bonchev–Trinajstić information content (AvgIpc) is 2.84. The molecule has 1 saturated heterocycles. The van der Waals surface area contributed by atoms with Crippen molar-refractivity contribution in [3.63, 3.8) is 0 Å². The minimum atomic E-state index is 0.326. The highest BCUT2D eigenvalue weighted by atomic mass is 15.2. The third-order valence-electron chi connectivity index (χ3n) is 3.98. The molecule has 0 atom stereocenters. The van der Waals surface area contributed by atoms with Gasteiger partial charge in [0.25, 0.3) is 0 Å². The van der Waals surface area contributed by atoms with Gasteiger partial charge in [0.05, 0.1) is 5.69 Å². The Bertz CT molecular complexity index is 602. The van der Waals surface area contributed by atoms with E-state index in [-0.39, 0.29) is 0 Å². The molecule has 1 fully saturated rings. The third kappa shape index (κ3) is 3.45. The van der Waals surface area contributed by atoms with Gasteiger partial charge in [-0.1, -0.05) is 44.2 Å². The van der Waals surface area contributed by atoms with Crippen molar-refractivity contribution in [2.24, 2.45) is 0 Å². The number of aromatic nitrogens is 2. The van der Waals surface area contributed by atoms with Crippen molar-refractivity contribution in [2.45, 2.75) is 26.2 Å². The number of rotatable bonds is 3. The molecule has 1 aliphatic heterocycles. The molecule has 0 radical (unpaired) electrons. The summed E-state index contributed by atoms with van der Waals surface area (Å²) in [6.07, 6.45) is 1.15. The number of hydrogen-bond acceptors (Lipinski definition) is 4. The zero-order valence-corrected chi connectivity index (χ0v) is 13.4. The number of nitrogens with zero attached hydrogens (tertiary/aromatic N) is 3. The molecule has 1 aromatic carbocycles. The second-order valence-corrected chi connectivity index (χ2v) is 6.08. The molecule has 4 heteroatoms. The van der Waals surface area contributed by atoms with Gasteiger partial charge in [-0.25, -0.2) is 9.97 Å². The highest BCUT2D eigenvalue weighted by Gasteiger charge is 2.15. The van der Waals surface area contributed by atoms with E-state index < -0.39 is 0 Å². The lowest BCUT2D eigenvalue weighted by molar-refractivity contribution is 0.724. The Hall–Kier alpha value is -1.94. The van der Waals surface area contributed by atoms with Crippen LogP contribution < -0.4 is 10.2 Å². The van der Waals surface area contributed by atoms with Gasteiger partial charge >= 0.3 is 0 Å². The number of nitrogens with one attached hydrogen (secondary N) is 1. The predicted molar refractivity (Wildman–Crippen MR) is 91.3 cm³/mol. The molecule has 1 aliphatic rings. The van der Waals surface area contributed by atoms with Crippen molar-refractivity contribution in [1.29, 1.82) is 0 Å². The van der Waals surface area contributed by atoms with Gasteiger partial charge in [-0.05, 0) is 13.0 Å². The summed E-state index contributed by atoms with van der Waals surface area (Å²) in [5.41, 5.74) is 2.17. The summed E-state index contributed by atoms with van der Waals surface area (Å²) in [4.78, 5) is 12.0. The van der Waals surface area contributed by atoms with E-state index >= 15 is 0 Å². The predicted octanol–water partition coefficient (Wildman–Crippen LogP) is 3.07. The lowest BCUT2D eigenvalue weighted by Crippen LogP contribution is -2.29. The van der Waals surface area contributed by atoms with Crippen molar-refractivity contribution < 1.29 is 0 Å². The van der Waals surface area contributed by atoms with Crippen LogP contribution in [0.4, 0.5) is 5.82 Å². The van der Waals surface area contributed by atoms with Gasteiger partial charge in [0, 0.05) is 37.2 Å². The summed E-state index contributed by atoms with van der Waals surface area (Å²) < 4.78 is 0. The topological polar surface area (TPSA) is 41.1 Å². The molecule has 1 aromatic heterocycles. The minimum absolute atomic E-state index is 0.326. The Morgan fingerprint density at radius 1 is 1.05 bits per heavy atom. The van der Waals surface area contributed by atoms with Gasteiger partial charge < -0.3 is 10.2 Å². The van der Waals surface area contributed by atoms with Gasteiger partial charge in [0.2, 0.25) is 0 Å². The van der Waals surface area contributed by atoms with Crippen molar-refractivity contribution >= 4 is 5.82 Å². The molecule has 0 saturated carbocycles. The fourth-order valence-corrected chi connectivity index (χ4v) is 2.70. The molecular formula is C18H24N4. The molecule has 22 heavy (non-hydrogen) atoms. The van der Waals surface area contributed by atoms with Crippen LogP contribution >= 0.6 is 0 Å². The van der Waals surface area contributed by atoms with Crippen molar-refractivity contribution in [2.75, 3.05) is 31.1 Å². The first kappa shape index (κ1) is 15.0. The molecule has 3 rings (SSSR count). The Morgan fingerprint density at radius 2 is 1.86 bits per heavy atom. The summed E-state index contributed by atoms with van der Waals surface area (Å²) in [6.45, 7) is 8.46. The lowest BCUT2D eigenvalue weighted by atomic mass is 10.1. The maximum absolute atomic E-state index is 4.81. The van der Waals surface area contributed by atoms with Crippen LogP contribution in [0.3, 0.4) is 0 Å². The second kappa shape index (κ2) is 6.88. The zero-order chi connectivity index (χ0) is 15.4. The standard InChI is InChI=1S/C18H24N4/c1-14(2)18-20-16(15-7-4-3-5-8-15)13-17(21-18)22-11-6-9-19-10-12-22/h3-5,7-8,13-14,19H,6,9-12H2,1-2H3. The fourth-order valence-electron chi connectivity index (χ4n) is 2.70. The van der Waals surface area contributed by atoms with Gasteiger partial charge in [-0.2, -0.15) is 0 Å². The Labute approximate surface area is 132 Å². The van der Waals surface area contributed by atoms with E-state index in [1.807, 2.05) is 6.07 Å². The monoisotopic (exact) mass is 296 g/mol. The van der Waals surface area contributed by atoms with Crippen LogP contribution in [0.25, 0.3) is 11.3 Å². The van der Waals surface area contributed by atoms with E-state index in [0.29, 0.717) is 5.92 Å². The molecule has 1 N–H and O–H groups in total. The summed E-state index contributed by atoms with van der Waals surface area (Å²) in [7, 11) is 0. The largest absolute Gasteiger partial charge is 0.355 e. The third-order valence-corrected chi connectivity index (χ3v) is 3.98. The van der Waals surface area contributed by atoms with E-state index in [4.69, 9.17) is 9.97 Å². The summed E-state index contributed by atoms with van der Waals surface area (Å²) in [6, 6.07) is 12.5. The van der Waals surface area contributed by atoms with Crippen LogP contribution in [0.5, 0.6) is 0 Å². The first-order valence-corrected chi connectivity index (χ1v) is 8.14. The highest BCUT2D eigenvalue weighted by Crippen LogP contribution is 2.24. The molecule has 4 nitrogen and oxygen atoms in total. The molecule has 2 heterocycles. The van der Waals surface area contributed by atoms with Crippen molar-refractivity contribution in [1.82, 2.24) is 15.3 Å². The maximum atomic E-state index is 4.81. The fraction of sp³-hybridized carbons (Fsp3) is 0.444. The van der Waals surface area contributed by atoms with Crippen LogP contribution in [0.1, 0.15) is 32.0 Å². The normalized spacial score (nSPS) is 15.9. The number of anilines is 1. The van der Waals surface area contributed by atoms with Crippen molar-refractivity contribution in [3.8, 4) is 11.3 Å². The molecular weight excluding hydrogens is 272 g/mol. The minimum Gasteiger partial charge on any atom is -0.355 e. The van der Waals surface area contributed by atoms with Gasteiger partial charge in [0.15, 0.2) is 0 Å². The number of benzene rings is 1. The van der Waals surface area contributed by atoms with Gasteiger partial charge in [-0.15, -0.1) is 0 Å². The van der Waals surface area contributed by atoms with Crippen LogP contribution in [0.2, 0.25) is 0 Å². The number of hydrogen-bond donors (Lipinski definition) is 1. The van der Waals surface area contributed by atoms with Crippen LogP contribution in [-0.2, 0) is 0 Å². The Balaban J connectivity index is 2.00. The van der Waals surface area contributed by atoms with Crippen LogP contribution in [0, 0.1) is 0 Å². The van der Waals surface area contributed by atoms with E-state index in [9.17, 15) is 0 Å². The van der Waals surface area contributed by atoms with Crippen LogP contribution in [0.15, 0.2) is 36.4 Å².